The van der Waals surface area contributed by atoms with E-state index in [9.17, 15) is 9.59 Å². The Morgan fingerprint density at radius 1 is 1.10 bits per heavy atom. The number of fused-ring (bicyclic) bond motifs is 1. The van der Waals surface area contributed by atoms with E-state index in [1.807, 2.05) is 37.3 Å². The smallest absolute Gasteiger partial charge is 0.262 e. The van der Waals surface area contributed by atoms with E-state index in [1.165, 1.54) is 0 Å². The first kappa shape index (κ1) is 19.8. The van der Waals surface area contributed by atoms with E-state index in [2.05, 4.69) is 31.2 Å². The molecule has 0 saturated carbocycles. The summed E-state index contributed by atoms with van der Waals surface area (Å²) in [6.07, 6.45) is 0. The van der Waals surface area contributed by atoms with Gasteiger partial charge in [0.15, 0.2) is 6.61 Å². The molecule has 1 heterocycles. The SMILES string of the molecule is Cc1ccc(NC(=O)COc2ccc(Br)cc2-c2nc3ccccc3c(=O)[nH]2)cc1. The highest BCUT2D eigenvalue weighted by molar-refractivity contribution is 9.10. The van der Waals surface area contributed by atoms with Gasteiger partial charge in [-0.1, -0.05) is 45.8 Å². The molecule has 3 aromatic carbocycles. The van der Waals surface area contributed by atoms with Gasteiger partial charge in [0.2, 0.25) is 0 Å². The van der Waals surface area contributed by atoms with E-state index in [0.29, 0.717) is 33.7 Å². The van der Waals surface area contributed by atoms with Gasteiger partial charge in [-0.15, -0.1) is 0 Å². The summed E-state index contributed by atoms with van der Waals surface area (Å²) in [4.78, 5) is 32.1. The van der Waals surface area contributed by atoms with Gasteiger partial charge in [0.1, 0.15) is 11.6 Å². The van der Waals surface area contributed by atoms with Crippen LogP contribution >= 0.6 is 15.9 Å². The maximum absolute atomic E-state index is 12.5. The first-order valence-electron chi connectivity index (χ1n) is 9.28. The van der Waals surface area contributed by atoms with Crippen LogP contribution in [0.15, 0.2) is 76.0 Å². The normalized spacial score (nSPS) is 10.7. The zero-order chi connectivity index (χ0) is 21.1. The molecule has 0 aliphatic carbocycles. The largest absolute Gasteiger partial charge is 0.483 e. The van der Waals surface area contributed by atoms with Crippen LogP contribution in [0.25, 0.3) is 22.3 Å². The average molecular weight is 464 g/mol. The number of halogens is 1. The van der Waals surface area contributed by atoms with Crippen molar-refractivity contribution >= 4 is 38.4 Å². The molecule has 0 spiro atoms. The third-order valence-electron chi connectivity index (χ3n) is 4.50. The van der Waals surface area contributed by atoms with E-state index in [-0.39, 0.29) is 18.1 Å². The number of carbonyl (C=O) groups is 1. The average Bonchev–Trinajstić information content (AvgIpc) is 2.74. The van der Waals surface area contributed by atoms with Crippen molar-refractivity contribution in [1.29, 1.82) is 0 Å². The Morgan fingerprint density at radius 2 is 1.87 bits per heavy atom. The van der Waals surface area contributed by atoms with Crippen molar-refractivity contribution in [2.45, 2.75) is 6.92 Å². The van der Waals surface area contributed by atoms with Crippen LogP contribution in [0.1, 0.15) is 5.56 Å². The van der Waals surface area contributed by atoms with Crippen LogP contribution in [0.4, 0.5) is 5.69 Å². The van der Waals surface area contributed by atoms with Gasteiger partial charge in [0.25, 0.3) is 11.5 Å². The first-order chi connectivity index (χ1) is 14.5. The summed E-state index contributed by atoms with van der Waals surface area (Å²) in [6.45, 7) is 1.80. The summed E-state index contributed by atoms with van der Waals surface area (Å²) in [7, 11) is 0. The van der Waals surface area contributed by atoms with Crippen LogP contribution in [0.5, 0.6) is 5.75 Å². The fourth-order valence-electron chi connectivity index (χ4n) is 3.00. The number of ether oxygens (including phenoxy) is 1. The Balaban J connectivity index is 1.59. The van der Waals surface area contributed by atoms with Gasteiger partial charge in [-0.05, 0) is 49.4 Å². The van der Waals surface area contributed by atoms with E-state index < -0.39 is 0 Å². The predicted octanol–water partition coefficient (Wildman–Crippen LogP) is 4.68. The molecule has 4 aromatic rings. The standard InChI is InChI=1S/C23H18BrN3O3/c1-14-6-9-16(10-7-14)25-21(28)13-30-20-11-8-15(24)12-18(20)22-26-19-5-3-2-4-17(19)23(29)27-22/h2-12H,13H2,1H3,(H,25,28)(H,26,27,29). The number of aryl methyl sites for hydroxylation is 1. The van der Waals surface area contributed by atoms with Crippen LogP contribution in [-0.4, -0.2) is 22.5 Å². The molecular weight excluding hydrogens is 446 g/mol. The predicted molar refractivity (Wildman–Crippen MR) is 121 cm³/mol. The Labute approximate surface area is 181 Å². The molecular formula is C23H18BrN3O3. The van der Waals surface area contributed by atoms with Gasteiger partial charge >= 0.3 is 0 Å². The number of nitrogens with one attached hydrogen (secondary N) is 2. The highest BCUT2D eigenvalue weighted by atomic mass is 79.9. The molecule has 0 fully saturated rings. The van der Waals surface area contributed by atoms with Gasteiger partial charge < -0.3 is 15.0 Å². The maximum atomic E-state index is 12.5. The van der Waals surface area contributed by atoms with Crippen molar-refractivity contribution in [2.75, 3.05) is 11.9 Å². The second kappa shape index (κ2) is 8.51. The van der Waals surface area contributed by atoms with Crippen LogP contribution in [0.3, 0.4) is 0 Å². The van der Waals surface area contributed by atoms with E-state index >= 15 is 0 Å². The van der Waals surface area contributed by atoms with Crippen molar-refractivity contribution in [2.24, 2.45) is 0 Å². The topological polar surface area (TPSA) is 84.1 Å². The Bertz CT molecular complexity index is 1280. The quantitative estimate of drug-likeness (QED) is 0.450. The van der Waals surface area contributed by atoms with Crippen molar-refractivity contribution in [3.05, 3.63) is 87.1 Å². The molecule has 30 heavy (non-hydrogen) atoms. The molecule has 150 valence electrons. The lowest BCUT2D eigenvalue weighted by molar-refractivity contribution is -0.118. The molecule has 4 rings (SSSR count). The van der Waals surface area contributed by atoms with Crippen LogP contribution in [0, 0.1) is 6.92 Å². The highest BCUT2D eigenvalue weighted by Gasteiger charge is 2.13. The molecule has 7 heteroatoms. The molecule has 0 bridgehead atoms. The minimum atomic E-state index is -0.285. The summed E-state index contributed by atoms with van der Waals surface area (Å²) < 4.78 is 6.56. The van der Waals surface area contributed by atoms with Crippen LogP contribution in [-0.2, 0) is 4.79 Å². The number of carbonyl (C=O) groups excluding carboxylic acids is 1. The second-order valence-electron chi connectivity index (χ2n) is 6.78. The number of amides is 1. The van der Waals surface area contributed by atoms with Gasteiger partial charge in [0, 0.05) is 10.2 Å². The lowest BCUT2D eigenvalue weighted by Gasteiger charge is -2.12. The molecule has 0 aliphatic rings. The molecule has 0 unspecified atom stereocenters. The Hall–Kier alpha value is -3.45. The van der Waals surface area contributed by atoms with Gasteiger partial charge in [-0.3, -0.25) is 9.59 Å². The zero-order valence-corrected chi connectivity index (χ0v) is 17.7. The maximum Gasteiger partial charge on any atom is 0.262 e. The monoisotopic (exact) mass is 463 g/mol. The molecule has 0 saturated heterocycles. The summed E-state index contributed by atoms with van der Waals surface area (Å²) in [6, 6.07) is 20.0. The van der Waals surface area contributed by atoms with E-state index in [1.54, 1.807) is 36.4 Å². The lowest BCUT2D eigenvalue weighted by Crippen LogP contribution is -2.20. The fraction of sp³-hybridized carbons (Fsp3) is 0.0870. The van der Waals surface area contributed by atoms with Crippen molar-refractivity contribution in [1.82, 2.24) is 9.97 Å². The van der Waals surface area contributed by atoms with Crippen LogP contribution < -0.4 is 15.6 Å². The van der Waals surface area contributed by atoms with Gasteiger partial charge in [-0.25, -0.2) is 4.98 Å². The summed E-state index contributed by atoms with van der Waals surface area (Å²) in [5.41, 5.74) is 2.74. The van der Waals surface area contributed by atoms with E-state index in [0.717, 1.165) is 10.0 Å². The number of hydrogen-bond acceptors (Lipinski definition) is 4. The summed E-state index contributed by atoms with van der Waals surface area (Å²) >= 11 is 3.44. The third kappa shape index (κ3) is 4.41. The minimum absolute atomic E-state index is 0.180. The molecule has 0 radical (unpaired) electrons. The minimum Gasteiger partial charge on any atom is -0.483 e. The number of H-pyrrole nitrogens is 1. The molecule has 0 aliphatic heterocycles. The number of hydrogen-bond donors (Lipinski definition) is 2. The van der Waals surface area contributed by atoms with Gasteiger partial charge in [-0.2, -0.15) is 0 Å². The lowest BCUT2D eigenvalue weighted by atomic mass is 10.1. The number of aromatic nitrogens is 2. The number of anilines is 1. The second-order valence-corrected chi connectivity index (χ2v) is 7.69. The molecule has 6 nitrogen and oxygen atoms in total. The van der Waals surface area contributed by atoms with E-state index in [4.69, 9.17) is 4.74 Å². The fourth-order valence-corrected chi connectivity index (χ4v) is 3.37. The van der Waals surface area contributed by atoms with Crippen molar-refractivity contribution < 1.29 is 9.53 Å². The summed E-state index contributed by atoms with van der Waals surface area (Å²) in [5.74, 6) is 0.525. The van der Waals surface area contributed by atoms with Crippen molar-refractivity contribution in [3.63, 3.8) is 0 Å². The molecule has 1 amide bonds. The van der Waals surface area contributed by atoms with Crippen LogP contribution in [0.2, 0.25) is 0 Å². The Morgan fingerprint density at radius 3 is 2.67 bits per heavy atom. The first-order valence-corrected chi connectivity index (χ1v) is 10.1. The highest BCUT2D eigenvalue weighted by Crippen LogP contribution is 2.31. The number of rotatable bonds is 5. The number of nitrogens with zero attached hydrogens (tertiary/aromatic N) is 1. The van der Waals surface area contributed by atoms with Crippen molar-refractivity contribution in [3.8, 4) is 17.1 Å². The molecule has 1 aromatic heterocycles. The van der Waals surface area contributed by atoms with Gasteiger partial charge in [0.05, 0.1) is 16.5 Å². The summed E-state index contributed by atoms with van der Waals surface area (Å²) in [5, 5.41) is 3.31. The number of benzene rings is 3. The molecule has 2 N–H and O–H groups in total. The number of aromatic amines is 1. The zero-order valence-electron chi connectivity index (χ0n) is 16.1. The molecule has 0 atom stereocenters. The number of para-hydroxylation sites is 1. The Kier molecular flexibility index (Phi) is 5.63. The third-order valence-corrected chi connectivity index (χ3v) is 5.00.